The number of aliphatic hydroxyl groups excluding tert-OH is 1. The molecular formula is C9H19NO3. The summed E-state index contributed by atoms with van der Waals surface area (Å²) in [6.07, 6.45) is 0.709. The van der Waals surface area contributed by atoms with Crippen LogP contribution >= 0.6 is 0 Å². The SMILES string of the molecule is CCN(CCCO)CC(C)C(=O)O. The van der Waals surface area contributed by atoms with Crippen molar-refractivity contribution in [2.75, 3.05) is 26.2 Å². The van der Waals surface area contributed by atoms with Crippen molar-refractivity contribution in [1.29, 1.82) is 0 Å². The number of aliphatic carboxylic acids is 1. The van der Waals surface area contributed by atoms with E-state index in [9.17, 15) is 4.79 Å². The zero-order valence-corrected chi connectivity index (χ0v) is 8.36. The summed E-state index contributed by atoms with van der Waals surface area (Å²) in [6, 6.07) is 0. The molecule has 1 unspecified atom stereocenters. The van der Waals surface area contributed by atoms with Crippen molar-refractivity contribution in [2.24, 2.45) is 5.92 Å². The minimum Gasteiger partial charge on any atom is -0.481 e. The lowest BCUT2D eigenvalue weighted by atomic mass is 10.1. The van der Waals surface area contributed by atoms with Crippen LogP contribution in [-0.4, -0.2) is 47.3 Å². The molecule has 0 fully saturated rings. The molecule has 0 aromatic heterocycles. The van der Waals surface area contributed by atoms with Gasteiger partial charge in [-0.15, -0.1) is 0 Å². The molecule has 0 aromatic carbocycles. The van der Waals surface area contributed by atoms with Crippen molar-refractivity contribution >= 4 is 5.97 Å². The summed E-state index contributed by atoms with van der Waals surface area (Å²) < 4.78 is 0. The highest BCUT2D eigenvalue weighted by Gasteiger charge is 2.14. The summed E-state index contributed by atoms with van der Waals surface area (Å²) in [6.45, 7) is 6.02. The van der Waals surface area contributed by atoms with Crippen molar-refractivity contribution in [3.05, 3.63) is 0 Å². The Balaban J connectivity index is 3.75. The zero-order chi connectivity index (χ0) is 10.3. The van der Waals surface area contributed by atoms with Crippen LogP contribution in [-0.2, 0) is 4.79 Å². The van der Waals surface area contributed by atoms with E-state index in [-0.39, 0.29) is 12.5 Å². The minimum absolute atomic E-state index is 0.165. The van der Waals surface area contributed by atoms with Gasteiger partial charge in [-0.1, -0.05) is 13.8 Å². The molecule has 0 rings (SSSR count). The van der Waals surface area contributed by atoms with E-state index in [1.807, 2.05) is 11.8 Å². The highest BCUT2D eigenvalue weighted by molar-refractivity contribution is 5.69. The Bertz CT molecular complexity index is 150. The Hall–Kier alpha value is -0.610. The second-order valence-corrected chi connectivity index (χ2v) is 3.21. The van der Waals surface area contributed by atoms with Gasteiger partial charge < -0.3 is 15.1 Å². The van der Waals surface area contributed by atoms with E-state index in [0.29, 0.717) is 13.0 Å². The standard InChI is InChI=1S/C9H19NO3/c1-3-10(5-4-6-11)7-8(2)9(12)13/h8,11H,3-7H2,1-2H3,(H,12,13). The normalized spacial score (nSPS) is 13.2. The van der Waals surface area contributed by atoms with Crippen LogP contribution in [0.3, 0.4) is 0 Å². The number of hydrogen-bond donors (Lipinski definition) is 2. The predicted molar refractivity (Wildman–Crippen MR) is 50.6 cm³/mol. The number of carboxylic acid groups (broad SMARTS) is 1. The molecule has 1 atom stereocenters. The molecular weight excluding hydrogens is 170 g/mol. The third-order valence-electron chi connectivity index (χ3n) is 2.03. The highest BCUT2D eigenvalue weighted by Crippen LogP contribution is 2.00. The van der Waals surface area contributed by atoms with Gasteiger partial charge in [0.05, 0.1) is 5.92 Å². The smallest absolute Gasteiger partial charge is 0.307 e. The van der Waals surface area contributed by atoms with Crippen LogP contribution in [0.4, 0.5) is 0 Å². The van der Waals surface area contributed by atoms with E-state index < -0.39 is 5.97 Å². The fourth-order valence-corrected chi connectivity index (χ4v) is 1.14. The van der Waals surface area contributed by atoms with Gasteiger partial charge in [0.2, 0.25) is 0 Å². The number of aliphatic hydroxyl groups is 1. The fraction of sp³-hybridized carbons (Fsp3) is 0.889. The monoisotopic (exact) mass is 189 g/mol. The molecule has 0 aliphatic rings. The molecule has 0 radical (unpaired) electrons. The summed E-state index contributed by atoms with van der Waals surface area (Å²) in [4.78, 5) is 12.6. The molecule has 0 bridgehead atoms. The van der Waals surface area contributed by atoms with Crippen molar-refractivity contribution in [3.63, 3.8) is 0 Å². The van der Waals surface area contributed by atoms with E-state index in [4.69, 9.17) is 10.2 Å². The molecule has 0 saturated heterocycles. The Labute approximate surface area is 79.2 Å². The first-order valence-corrected chi connectivity index (χ1v) is 4.67. The Morgan fingerprint density at radius 3 is 2.54 bits per heavy atom. The summed E-state index contributed by atoms with van der Waals surface area (Å²) in [5, 5.41) is 17.3. The van der Waals surface area contributed by atoms with Crippen LogP contribution in [0.15, 0.2) is 0 Å². The molecule has 78 valence electrons. The molecule has 0 aliphatic carbocycles. The van der Waals surface area contributed by atoms with Gasteiger partial charge in [0, 0.05) is 19.7 Å². The number of nitrogens with zero attached hydrogens (tertiary/aromatic N) is 1. The van der Waals surface area contributed by atoms with Gasteiger partial charge in [0.25, 0.3) is 0 Å². The zero-order valence-electron chi connectivity index (χ0n) is 8.36. The van der Waals surface area contributed by atoms with Crippen molar-refractivity contribution in [2.45, 2.75) is 20.3 Å². The van der Waals surface area contributed by atoms with E-state index in [1.165, 1.54) is 0 Å². The first-order valence-electron chi connectivity index (χ1n) is 4.67. The maximum absolute atomic E-state index is 10.5. The van der Waals surface area contributed by atoms with Crippen molar-refractivity contribution < 1.29 is 15.0 Å². The summed E-state index contributed by atoms with van der Waals surface area (Å²) >= 11 is 0. The number of carbonyl (C=O) groups is 1. The fourth-order valence-electron chi connectivity index (χ4n) is 1.14. The van der Waals surface area contributed by atoms with Gasteiger partial charge >= 0.3 is 5.97 Å². The van der Waals surface area contributed by atoms with Gasteiger partial charge in [0.1, 0.15) is 0 Å². The van der Waals surface area contributed by atoms with Gasteiger partial charge in [-0.05, 0) is 13.0 Å². The molecule has 0 aliphatic heterocycles. The second-order valence-electron chi connectivity index (χ2n) is 3.21. The molecule has 0 amide bonds. The molecule has 0 saturated carbocycles. The lowest BCUT2D eigenvalue weighted by Gasteiger charge is -2.21. The van der Waals surface area contributed by atoms with Crippen LogP contribution in [0.2, 0.25) is 0 Å². The molecule has 0 spiro atoms. The lowest BCUT2D eigenvalue weighted by molar-refractivity contribution is -0.141. The van der Waals surface area contributed by atoms with Gasteiger partial charge in [-0.3, -0.25) is 4.79 Å². The molecule has 0 heterocycles. The Kier molecular flexibility index (Phi) is 6.54. The molecule has 2 N–H and O–H groups in total. The van der Waals surface area contributed by atoms with Crippen LogP contribution in [0.5, 0.6) is 0 Å². The maximum Gasteiger partial charge on any atom is 0.307 e. The van der Waals surface area contributed by atoms with Crippen LogP contribution in [0.25, 0.3) is 0 Å². The topological polar surface area (TPSA) is 60.8 Å². The number of carboxylic acids is 1. The van der Waals surface area contributed by atoms with Crippen LogP contribution in [0, 0.1) is 5.92 Å². The molecule has 13 heavy (non-hydrogen) atoms. The average molecular weight is 189 g/mol. The van der Waals surface area contributed by atoms with Crippen LogP contribution < -0.4 is 0 Å². The minimum atomic E-state index is -0.762. The summed E-state index contributed by atoms with van der Waals surface area (Å²) in [5.41, 5.74) is 0. The first kappa shape index (κ1) is 12.4. The predicted octanol–water partition coefficient (Wildman–Crippen LogP) is 0.411. The molecule has 4 heteroatoms. The average Bonchev–Trinajstić information content (AvgIpc) is 2.11. The van der Waals surface area contributed by atoms with E-state index in [0.717, 1.165) is 13.1 Å². The summed E-state index contributed by atoms with van der Waals surface area (Å²) in [5.74, 6) is -1.10. The van der Waals surface area contributed by atoms with Gasteiger partial charge in [-0.25, -0.2) is 0 Å². The van der Waals surface area contributed by atoms with E-state index >= 15 is 0 Å². The van der Waals surface area contributed by atoms with Gasteiger partial charge in [0.15, 0.2) is 0 Å². The third-order valence-corrected chi connectivity index (χ3v) is 2.03. The van der Waals surface area contributed by atoms with Crippen molar-refractivity contribution in [3.8, 4) is 0 Å². The Morgan fingerprint density at radius 2 is 2.15 bits per heavy atom. The van der Waals surface area contributed by atoms with Gasteiger partial charge in [-0.2, -0.15) is 0 Å². The van der Waals surface area contributed by atoms with Crippen molar-refractivity contribution in [1.82, 2.24) is 4.90 Å². The Morgan fingerprint density at radius 1 is 1.54 bits per heavy atom. The first-order chi connectivity index (χ1) is 6.11. The van der Waals surface area contributed by atoms with E-state index in [2.05, 4.69) is 0 Å². The van der Waals surface area contributed by atoms with E-state index in [1.54, 1.807) is 6.92 Å². The van der Waals surface area contributed by atoms with Crippen LogP contribution in [0.1, 0.15) is 20.3 Å². The largest absolute Gasteiger partial charge is 0.481 e. The second kappa shape index (κ2) is 6.86. The molecule has 4 nitrogen and oxygen atoms in total. The maximum atomic E-state index is 10.5. The highest BCUT2D eigenvalue weighted by atomic mass is 16.4. The third kappa shape index (κ3) is 5.60. The lowest BCUT2D eigenvalue weighted by Crippen LogP contribution is -2.32. The number of hydrogen-bond acceptors (Lipinski definition) is 3. The quantitative estimate of drug-likeness (QED) is 0.609. The molecule has 0 aromatic rings. The number of rotatable bonds is 7. The summed E-state index contributed by atoms with van der Waals surface area (Å²) in [7, 11) is 0.